The van der Waals surface area contributed by atoms with E-state index in [1.807, 2.05) is 0 Å². The van der Waals surface area contributed by atoms with Crippen molar-refractivity contribution in [3.63, 3.8) is 0 Å². The fraction of sp³-hybridized carbons (Fsp3) is 0.0732. The predicted octanol–water partition coefficient (Wildman–Crippen LogP) is 11.5. The van der Waals surface area contributed by atoms with E-state index in [1.165, 1.54) is 71.4 Å². The SMILES string of the molecule is CC1(C)c2cc(-c3cccc4oc5c6ccccc6ccc5c34)ccc2-c2c1cc1ccccc1c2-c1ccccc1. The van der Waals surface area contributed by atoms with Crippen LogP contribution in [0.1, 0.15) is 25.0 Å². The molecule has 7 aromatic carbocycles. The molecule has 9 rings (SSSR count). The number of rotatable bonds is 2. The molecule has 1 aromatic heterocycles. The second-order valence-electron chi connectivity index (χ2n) is 12.1. The maximum absolute atomic E-state index is 6.52. The molecule has 0 fully saturated rings. The summed E-state index contributed by atoms with van der Waals surface area (Å²) in [5.74, 6) is 0. The molecule has 0 aliphatic heterocycles. The predicted molar refractivity (Wildman–Crippen MR) is 177 cm³/mol. The van der Waals surface area contributed by atoms with Crippen LogP contribution >= 0.6 is 0 Å². The van der Waals surface area contributed by atoms with Crippen LogP contribution in [-0.2, 0) is 5.41 Å². The summed E-state index contributed by atoms with van der Waals surface area (Å²) in [7, 11) is 0. The molecule has 1 nitrogen and oxygen atoms in total. The number of hydrogen-bond donors (Lipinski definition) is 0. The summed E-state index contributed by atoms with van der Waals surface area (Å²) in [6, 6.07) is 48.6. The third-order valence-electron chi connectivity index (χ3n) is 9.45. The van der Waals surface area contributed by atoms with Crippen LogP contribution < -0.4 is 0 Å². The van der Waals surface area contributed by atoms with Gasteiger partial charge in [0.2, 0.25) is 0 Å². The van der Waals surface area contributed by atoms with E-state index in [9.17, 15) is 0 Å². The van der Waals surface area contributed by atoms with Gasteiger partial charge in [0.15, 0.2) is 0 Å². The van der Waals surface area contributed by atoms with Gasteiger partial charge in [-0.15, -0.1) is 0 Å². The lowest BCUT2D eigenvalue weighted by Gasteiger charge is -2.23. The molecule has 0 saturated carbocycles. The molecular formula is C41H28O. The van der Waals surface area contributed by atoms with Crippen LogP contribution in [0.25, 0.3) is 76.9 Å². The minimum atomic E-state index is -0.142. The lowest BCUT2D eigenvalue weighted by atomic mass is 9.80. The van der Waals surface area contributed by atoms with Crippen molar-refractivity contribution in [2.45, 2.75) is 19.3 Å². The van der Waals surface area contributed by atoms with Gasteiger partial charge < -0.3 is 4.42 Å². The van der Waals surface area contributed by atoms with Crippen LogP contribution in [-0.4, -0.2) is 0 Å². The quantitative estimate of drug-likeness (QED) is 0.214. The van der Waals surface area contributed by atoms with Crippen LogP contribution in [0, 0.1) is 0 Å². The van der Waals surface area contributed by atoms with Gasteiger partial charge in [-0.1, -0.05) is 123 Å². The first kappa shape index (κ1) is 23.6. The molecule has 0 bridgehead atoms. The zero-order chi connectivity index (χ0) is 28.0. The standard InChI is InChI=1S/C41H28O/c1-41(2)34-23-28(30-17-10-18-36-38(30)33-22-19-25-11-6-9-16-31(25)40(33)42-36)20-21-32(34)39-35(41)24-27-14-7-8-15-29(27)37(39)26-12-4-3-5-13-26/h3-24H,1-2H3. The fourth-order valence-corrected chi connectivity index (χ4v) is 7.41. The molecule has 8 aromatic rings. The summed E-state index contributed by atoms with van der Waals surface area (Å²) in [6.45, 7) is 4.76. The maximum Gasteiger partial charge on any atom is 0.143 e. The molecule has 198 valence electrons. The van der Waals surface area contributed by atoms with Gasteiger partial charge in [-0.2, -0.15) is 0 Å². The summed E-state index contributed by atoms with van der Waals surface area (Å²) < 4.78 is 6.52. The minimum absolute atomic E-state index is 0.142. The van der Waals surface area contributed by atoms with Crippen LogP contribution in [0.5, 0.6) is 0 Å². The van der Waals surface area contributed by atoms with E-state index in [1.54, 1.807) is 0 Å². The highest BCUT2D eigenvalue weighted by atomic mass is 16.3. The zero-order valence-corrected chi connectivity index (χ0v) is 23.6. The molecule has 1 heteroatoms. The first-order valence-electron chi connectivity index (χ1n) is 14.7. The Morgan fingerprint density at radius 3 is 2.10 bits per heavy atom. The Bertz CT molecular complexity index is 2370. The van der Waals surface area contributed by atoms with Gasteiger partial charge in [0, 0.05) is 21.6 Å². The molecule has 0 unspecified atom stereocenters. The van der Waals surface area contributed by atoms with E-state index >= 15 is 0 Å². The highest BCUT2D eigenvalue weighted by Crippen LogP contribution is 2.55. The molecule has 0 N–H and O–H groups in total. The van der Waals surface area contributed by atoms with E-state index in [2.05, 4.69) is 147 Å². The van der Waals surface area contributed by atoms with Gasteiger partial charge in [0.05, 0.1) is 0 Å². The van der Waals surface area contributed by atoms with Crippen molar-refractivity contribution in [1.82, 2.24) is 0 Å². The number of fused-ring (bicyclic) bond motifs is 9. The molecule has 0 saturated heterocycles. The van der Waals surface area contributed by atoms with Crippen LogP contribution in [0.15, 0.2) is 138 Å². The summed E-state index contributed by atoms with van der Waals surface area (Å²) >= 11 is 0. The molecule has 1 heterocycles. The molecule has 1 aliphatic rings. The van der Waals surface area contributed by atoms with E-state index < -0.39 is 0 Å². The van der Waals surface area contributed by atoms with Crippen molar-refractivity contribution in [2.75, 3.05) is 0 Å². The van der Waals surface area contributed by atoms with Crippen molar-refractivity contribution in [2.24, 2.45) is 0 Å². The number of benzene rings is 7. The Morgan fingerprint density at radius 2 is 1.24 bits per heavy atom. The zero-order valence-electron chi connectivity index (χ0n) is 23.6. The van der Waals surface area contributed by atoms with Crippen molar-refractivity contribution in [1.29, 1.82) is 0 Å². The second kappa shape index (κ2) is 8.44. The Morgan fingerprint density at radius 1 is 0.476 bits per heavy atom. The molecule has 0 atom stereocenters. The Labute approximate surface area is 244 Å². The summed E-state index contributed by atoms with van der Waals surface area (Å²) in [5, 5.41) is 7.30. The normalized spacial score (nSPS) is 13.7. The topological polar surface area (TPSA) is 13.1 Å². The molecule has 0 amide bonds. The van der Waals surface area contributed by atoms with Gasteiger partial charge in [0.25, 0.3) is 0 Å². The van der Waals surface area contributed by atoms with Gasteiger partial charge in [-0.05, 0) is 84.9 Å². The smallest absolute Gasteiger partial charge is 0.143 e. The van der Waals surface area contributed by atoms with E-state index in [4.69, 9.17) is 4.42 Å². The van der Waals surface area contributed by atoms with E-state index in [0.29, 0.717) is 0 Å². The highest BCUT2D eigenvalue weighted by molar-refractivity contribution is 6.19. The lowest BCUT2D eigenvalue weighted by molar-refractivity contribution is 0.661. The van der Waals surface area contributed by atoms with Crippen LogP contribution in [0.2, 0.25) is 0 Å². The molecule has 1 aliphatic carbocycles. The average Bonchev–Trinajstić information content (AvgIpc) is 3.53. The second-order valence-corrected chi connectivity index (χ2v) is 12.1. The Balaban J connectivity index is 1.31. The Kier molecular flexibility index (Phi) is 4.73. The van der Waals surface area contributed by atoms with Gasteiger partial charge in [-0.25, -0.2) is 0 Å². The van der Waals surface area contributed by atoms with E-state index in [-0.39, 0.29) is 5.41 Å². The third kappa shape index (κ3) is 3.14. The van der Waals surface area contributed by atoms with E-state index in [0.717, 1.165) is 16.6 Å². The lowest BCUT2D eigenvalue weighted by Crippen LogP contribution is -2.15. The van der Waals surface area contributed by atoms with Crippen LogP contribution in [0.4, 0.5) is 0 Å². The van der Waals surface area contributed by atoms with Gasteiger partial charge in [0.1, 0.15) is 11.2 Å². The minimum Gasteiger partial charge on any atom is -0.455 e. The van der Waals surface area contributed by atoms with Crippen LogP contribution in [0.3, 0.4) is 0 Å². The third-order valence-corrected chi connectivity index (χ3v) is 9.45. The average molecular weight is 537 g/mol. The summed E-state index contributed by atoms with van der Waals surface area (Å²) in [4.78, 5) is 0. The Hall–Kier alpha value is -5.14. The summed E-state index contributed by atoms with van der Waals surface area (Å²) in [5.41, 5.74) is 12.2. The molecule has 0 radical (unpaired) electrons. The maximum atomic E-state index is 6.52. The molecule has 0 spiro atoms. The fourth-order valence-electron chi connectivity index (χ4n) is 7.41. The largest absolute Gasteiger partial charge is 0.455 e. The first-order chi connectivity index (χ1) is 20.6. The monoisotopic (exact) mass is 536 g/mol. The van der Waals surface area contributed by atoms with Crippen molar-refractivity contribution < 1.29 is 4.42 Å². The molecule has 42 heavy (non-hydrogen) atoms. The highest BCUT2D eigenvalue weighted by Gasteiger charge is 2.38. The molecular weight excluding hydrogens is 508 g/mol. The number of furan rings is 1. The first-order valence-corrected chi connectivity index (χ1v) is 14.7. The van der Waals surface area contributed by atoms with Gasteiger partial charge >= 0.3 is 0 Å². The van der Waals surface area contributed by atoms with Gasteiger partial charge in [-0.3, -0.25) is 0 Å². The number of hydrogen-bond acceptors (Lipinski definition) is 1. The summed E-state index contributed by atoms with van der Waals surface area (Å²) in [6.07, 6.45) is 0. The van der Waals surface area contributed by atoms with Crippen molar-refractivity contribution in [3.8, 4) is 33.4 Å². The van der Waals surface area contributed by atoms with Crippen molar-refractivity contribution >= 4 is 43.5 Å². The van der Waals surface area contributed by atoms with Crippen molar-refractivity contribution in [3.05, 3.63) is 145 Å².